The van der Waals surface area contributed by atoms with Crippen LogP contribution in [0.25, 0.3) is 0 Å². The maximum Gasteiger partial charge on any atom is 0.387 e. The van der Waals surface area contributed by atoms with Crippen molar-refractivity contribution in [2.75, 3.05) is 13.0 Å². The highest BCUT2D eigenvalue weighted by atomic mass is 32.2. The standard InChI is InChI=1S/C18H18F2N4O3S/c1-25-13-6-4-7-14(9-13)26-10-16-22-23-18(24(16)21)28-11-12-5-2-3-8-15(12)27-17(19)20/h2-9,17H,10-11,21H2,1H3. The molecule has 0 fully saturated rings. The van der Waals surface area contributed by atoms with E-state index in [-0.39, 0.29) is 12.4 Å². The average molecular weight is 408 g/mol. The van der Waals surface area contributed by atoms with Crippen molar-refractivity contribution in [2.45, 2.75) is 24.1 Å². The van der Waals surface area contributed by atoms with Crippen LogP contribution in [0.3, 0.4) is 0 Å². The van der Waals surface area contributed by atoms with E-state index in [4.69, 9.17) is 15.3 Å². The molecule has 0 saturated heterocycles. The zero-order valence-electron chi connectivity index (χ0n) is 14.9. The number of alkyl halides is 2. The predicted molar refractivity (Wildman–Crippen MR) is 100 cm³/mol. The third kappa shape index (κ3) is 5.03. The van der Waals surface area contributed by atoms with Gasteiger partial charge in [0.2, 0.25) is 5.16 Å². The normalized spacial score (nSPS) is 10.9. The van der Waals surface area contributed by atoms with Gasteiger partial charge in [-0.1, -0.05) is 36.0 Å². The monoisotopic (exact) mass is 408 g/mol. The number of ether oxygens (including phenoxy) is 3. The summed E-state index contributed by atoms with van der Waals surface area (Å²) in [6, 6.07) is 13.7. The molecule has 2 aromatic carbocycles. The zero-order valence-corrected chi connectivity index (χ0v) is 15.7. The number of rotatable bonds is 9. The fourth-order valence-corrected chi connectivity index (χ4v) is 3.19. The summed E-state index contributed by atoms with van der Waals surface area (Å²) in [5.41, 5.74) is 0.602. The molecular formula is C18H18F2N4O3S. The molecule has 1 aromatic heterocycles. The van der Waals surface area contributed by atoms with Crippen LogP contribution in [0.1, 0.15) is 11.4 Å². The summed E-state index contributed by atoms with van der Waals surface area (Å²) in [7, 11) is 1.57. The smallest absolute Gasteiger partial charge is 0.387 e. The first-order valence-corrected chi connectivity index (χ1v) is 9.17. The number of aromatic nitrogens is 3. The summed E-state index contributed by atoms with van der Waals surface area (Å²) < 4.78 is 41.6. The number of hydrogen-bond donors (Lipinski definition) is 1. The molecule has 7 nitrogen and oxygen atoms in total. The Morgan fingerprint density at radius 1 is 1.11 bits per heavy atom. The van der Waals surface area contributed by atoms with Gasteiger partial charge in [0, 0.05) is 17.4 Å². The van der Waals surface area contributed by atoms with Crippen LogP contribution in [-0.2, 0) is 12.4 Å². The largest absolute Gasteiger partial charge is 0.497 e. The Hall–Kier alpha value is -3.01. The van der Waals surface area contributed by atoms with E-state index in [9.17, 15) is 8.78 Å². The highest BCUT2D eigenvalue weighted by Gasteiger charge is 2.14. The summed E-state index contributed by atoms with van der Waals surface area (Å²) in [5, 5.41) is 8.47. The molecule has 3 aromatic rings. The molecule has 10 heteroatoms. The number of nitrogens with zero attached hydrogens (tertiary/aromatic N) is 3. The van der Waals surface area contributed by atoms with Gasteiger partial charge in [0.25, 0.3) is 0 Å². The highest BCUT2D eigenvalue weighted by Crippen LogP contribution is 2.28. The molecule has 2 N–H and O–H groups in total. The molecule has 1 heterocycles. The van der Waals surface area contributed by atoms with Gasteiger partial charge >= 0.3 is 6.61 Å². The van der Waals surface area contributed by atoms with Crippen LogP contribution in [0.15, 0.2) is 53.7 Å². The number of thioether (sulfide) groups is 1. The Morgan fingerprint density at radius 3 is 2.68 bits per heavy atom. The molecule has 0 unspecified atom stereocenters. The summed E-state index contributed by atoms with van der Waals surface area (Å²) in [4.78, 5) is 0. The van der Waals surface area contributed by atoms with E-state index in [2.05, 4.69) is 14.9 Å². The SMILES string of the molecule is COc1cccc(OCc2nnc(SCc3ccccc3OC(F)F)n2N)c1. The number of methoxy groups -OCH3 is 1. The number of nitrogens with two attached hydrogens (primary N) is 1. The molecule has 0 saturated carbocycles. The number of benzene rings is 2. The van der Waals surface area contributed by atoms with E-state index in [1.54, 1.807) is 37.4 Å². The third-order valence-corrected chi connectivity index (χ3v) is 4.68. The maximum absolute atomic E-state index is 12.5. The van der Waals surface area contributed by atoms with Crippen LogP contribution in [0.4, 0.5) is 8.78 Å². The van der Waals surface area contributed by atoms with E-state index in [0.29, 0.717) is 33.8 Å². The van der Waals surface area contributed by atoms with Gasteiger partial charge in [-0.3, -0.25) is 0 Å². The minimum absolute atomic E-state index is 0.113. The molecule has 148 valence electrons. The van der Waals surface area contributed by atoms with Crippen LogP contribution in [0, 0.1) is 0 Å². The first-order chi connectivity index (χ1) is 13.6. The third-order valence-electron chi connectivity index (χ3n) is 3.69. The lowest BCUT2D eigenvalue weighted by Gasteiger charge is -2.10. The summed E-state index contributed by atoms with van der Waals surface area (Å²) in [6.07, 6.45) is 0. The molecule has 0 aliphatic heterocycles. The Morgan fingerprint density at radius 2 is 1.89 bits per heavy atom. The Balaban J connectivity index is 1.62. The van der Waals surface area contributed by atoms with E-state index < -0.39 is 6.61 Å². The molecule has 0 atom stereocenters. The van der Waals surface area contributed by atoms with Gasteiger partial charge in [-0.15, -0.1) is 10.2 Å². The van der Waals surface area contributed by atoms with E-state index in [1.807, 2.05) is 12.1 Å². The molecule has 3 rings (SSSR count). The first-order valence-electron chi connectivity index (χ1n) is 8.18. The van der Waals surface area contributed by atoms with Crippen LogP contribution in [0.2, 0.25) is 0 Å². The van der Waals surface area contributed by atoms with Crippen molar-refractivity contribution >= 4 is 11.8 Å². The topological polar surface area (TPSA) is 84.4 Å². The molecular weight excluding hydrogens is 390 g/mol. The molecule has 0 aliphatic carbocycles. The summed E-state index contributed by atoms with van der Waals surface area (Å²) >= 11 is 1.25. The molecule has 0 bridgehead atoms. The second-order valence-corrected chi connectivity index (χ2v) is 6.45. The van der Waals surface area contributed by atoms with Crippen LogP contribution < -0.4 is 20.1 Å². The first kappa shape index (κ1) is 19.7. The van der Waals surface area contributed by atoms with Crippen molar-refractivity contribution in [3.63, 3.8) is 0 Å². The predicted octanol–water partition coefficient (Wildman–Crippen LogP) is 3.47. The summed E-state index contributed by atoms with van der Waals surface area (Å²) in [5.74, 6) is 8.18. The summed E-state index contributed by atoms with van der Waals surface area (Å²) in [6.45, 7) is -2.77. The van der Waals surface area contributed by atoms with Gasteiger partial charge in [0.1, 0.15) is 23.9 Å². The van der Waals surface area contributed by atoms with Crippen molar-refractivity contribution in [1.82, 2.24) is 14.9 Å². The van der Waals surface area contributed by atoms with Gasteiger partial charge in [-0.25, -0.2) is 4.68 Å². The fraction of sp³-hybridized carbons (Fsp3) is 0.222. The van der Waals surface area contributed by atoms with Crippen LogP contribution in [0.5, 0.6) is 17.2 Å². The fourth-order valence-electron chi connectivity index (χ4n) is 2.32. The van der Waals surface area contributed by atoms with Crippen LogP contribution >= 0.6 is 11.8 Å². The lowest BCUT2D eigenvalue weighted by Crippen LogP contribution is -2.15. The maximum atomic E-state index is 12.5. The van der Waals surface area contributed by atoms with Crippen molar-refractivity contribution in [2.24, 2.45) is 0 Å². The van der Waals surface area contributed by atoms with E-state index >= 15 is 0 Å². The molecule has 0 amide bonds. The van der Waals surface area contributed by atoms with Crippen molar-refractivity contribution < 1.29 is 23.0 Å². The minimum Gasteiger partial charge on any atom is -0.497 e. The van der Waals surface area contributed by atoms with Crippen molar-refractivity contribution in [3.8, 4) is 17.2 Å². The second kappa shape index (κ2) is 9.27. The number of hydrogen-bond acceptors (Lipinski definition) is 7. The highest BCUT2D eigenvalue weighted by molar-refractivity contribution is 7.98. The minimum atomic E-state index is -2.88. The lowest BCUT2D eigenvalue weighted by atomic mass is 10.2. The average Bonchev–Trinajstić information content (AvgIpc) is 3.05. The van der Waals surface area contributed by atoms with Crippen molar-refractivity contribution in [1.29, 1.82) is 0 Å². The van der Waals surface area contributed by atoms with Gasteiger partial charge < -0.3 is 20.1 Å². The number of halogens is 2. The molecule has 0 aliphatic rings. The second-order valence-electron chi connectivity index (χ2n) is 5.51. The molecule has 0 radical (unpaired) electrons. The van der Waals surface area contributed by atoms with E-state index in [0.717, 1.165) is 0 Å². The Bertz CT molecular complexity index is 923. The Kier molecular flexibility index (Phi) is 6.53. The van der Waals surface area contributed by atoms with Gasteiger partial charge in [-0.05, 0) is 18.2 Å². The molecule has 0 spiro atoms. The van der Waals surface area contributed by atoms with Gasteiger partial charge in [0.05, 0.1) is 7.11 Å². The van der Waals surface area contributed by atoms with Gasteiger partial charge in [-0.2, -0.15) is 8.78 Å². The van der Waals surface area contributed by atoms with Gasteiger partial charge in [0.15, 0.2) is 5.82 Å². The number of nitrogen functional groups attached to an aromatic ring is 1. The lowest BCUT2D eigenvalue weighted by molar-refractivity contribution is -0.0503. The van der Waals surface area contributed by atoms with Crippen LogP contribution in [-0.4, -0.2) is 28.6 Å². The number of para-hydroxylation sites is 1. The zero-order chi connectivity index (χ0) is 19.9. The molecule has 28 heavy (non-hydrogen) atoms. The quantitative estimate of drug-likeness (QED) is 0.429. The van der Waals surface area contributed by atoms with Crippen molar-refractivity contribution in [3.05, 3.63) is 59.9 Å². The Labute approximate surface area is 164 Å². The van der Waals surface area contributed by atoms with E-state index in [1.165, 1.54) is 22.5 Å².